The second-order valence-corrected chi connectivity index (χ2v) is 4.49. The normalized spacial score (nSPS) is 10.4. The van der Waals surface area contributed by atoms with Crippen LogP contribution in [-0.4, -0.2) is 0 Å². The standard InChI is InChI=1S/C15H14ClFO/c1-10-6-7-11(2)15(8-10)18-14-5-3-4-13(17)12(14)9-16/h3-8H,9H2,1-2H3. The molecule has 0 radical (unpaired) electrons. The molecule has 0 aliphatic heterocycles. The van der Waals surface area contributed by atoms with Crippen molar-refractivity contribution in [2.24, 2.45) is 0 Å². The molecule has 18 heavy (non-hydrogen) atoms. The fourth-order valence-corrected chi connectivity index (χ4v) is 1.96. The molecule has 3 heteroatoms. The van der Waals surface area contributed by atoms with Crippen LogP contribution in [0.2, 0.25) is 0 Å². The molecule has 0 aliphatic rings. The summed E-state index contributed by atoms with van der Waals surface area (Å²) in [6, 6.07) is 10.6. The number of alkyl halides is 1. The minimum atomic E-state index is -0.340. The second kappa shape index (κ2) is 5.40. The van der Waals surface area contributed by atoms with Crippen molar-refractivity contribution in [1.29, 1.82) is 0 Å². The van der Waals surface area contributed by atoms with Crippen LogP contribution in [0.25, 0.3) is 0 Å². The maximum Gasteiger partial charge on any atom is 0.134 e. The Morgan fingerprint density at radius 2 is 1.89 bits per heavy atom. The Morgan fingerprint density at radius 3 is 2.61 bits per heavy atom. The summed E-state index contributed by atoms with van der Waals surface area (Å²) in [6.07, 6.45) is 0. The molecule has 0 N–H and O–H groups in total. The Morgan fingerprint density at radius 1 is 1.11 bits per heavy atom. The van der Waals surface area contributed by atoms with Gasteiger partial charge in [-0.2, -0.15) is 0 Å². The number of hydrogen-bond acceptors (Lipinski definition) is 1. The van der Waals surface area contributed by atoms with Gasteiger partial charge in [0.1, 0.15) is 17.3 Å². The predicted octanol–water partition coefficient (Wildman–Crippen LogP) is 4.97. The second-order valence-electron chi connectivity index (χ2n) is 4.22. The first kappa shape index (κ1) is 12.9. The van der Waals surface area contributed by atoms with E-state index in [4.69, 9.17) is 16.3 Å². The molecule has 0 saturated heterocycles. The van der Waals surface area contributed by atoms with Crippen molar-refractivity contribution in [1.82, 2.24) is 0 Å². The van der Waals surface area contributed by atoms with Gasteiger partial charge in [-0.25, -0.2) is 4.39 Å². The van der Waals surface area contributed by atoms with E-state index < -0.39 is 0 Å². The first-order valence-corrected chi connectivity index (χ1v) is 6.23. The average Bonchev–Trinajstić information content (AvgIpc) is 2.34. The summed E-state index contributed by atoms with van der Waals surface area (Å²) in [7, 11) is 0. The lowest BCUT2D eigenvalue weighted by atomic mass is 10.1. The first-order chi connectivity index (χ1) is 8.61. The summed E-state index contributed by atoms with van der Waals surface area (Å²) in [5.74, 6) is 0.950. The molecule has 2 aromatic rings. The number of hydrogen-bond donors (Lipinski definition) is 0. The molecule has 0 atom stereocenters. The van der Waals surface area contributed by atoms with Crippen molar-refractivity contribution in [3.63, 3.8) is 0 Å². The number of halogens is 2. The largest absolute Gasteiger partial charge is 0.457 e. The van der Waals surface area contributed by atoms with Crippen LogP contribution in [0.3, 0.4) is 0 Å². The van der Waals surface area contributed by atoms with E-state index in [-0.39, 0.29) is 11.7 Å². The Balaban J connectivity index is 2.40. The Hall–Kier alpha value is -1.54. The zero-order valence-corrected chi connectivity index (χ0v) is 11.1. The van der Waals surface area contributed by atoms with Gasteiger partial charge < -0.3 is 4.74 Å². The van der Waals surface area contributed by atoms with Crippen LogP contribution in [0.5, 0.6) is 11.5 Å². The molecule has 0 saturated carbocycles. The highest BCUT2D eigenvalue weighted by molar-refractivity contribution is 6.17. The third-order valence-electron chi connectivity index (χ3n) is 2.77. The molecule has 0 aliphatic carbocycles. The molecule has 0 spiro atoms. The van der Waals surface area contributed by atoms with Gasteiger partial charge in [0.15, 0.2) is 0 Å². The van der Waals surface area contributed by atoms with E-state index in [0.29, 0.717) is 11.3 Å². The van der Waals surface area contributed by atoms with E-state index in [1.54, 1.807) is 12.1 Å². The molecule has 1 nitrogen and oxygen atoms in total. The van der Waals surface area contributed by atoms with Crippen molar-refractivity contribution >= 4 is 11.6 Å². The molecule has 0 amide bonds. The topological polar surface area (TPSA) is 9.23 Å². The lowest BCUT2D eigenvalue weighted by molar-refractivity contribution is 0.466. The van der Waals surface area contributed by atoms with Gasteiger partial charge in [0, 0.05) is 5.56 Å². The van der Waals surface area contributed by atoms with Crippen LogP contribution in [-0.2, 0) is 5.88 Å². The van der Waals surface area contributed by atoms with Gasteiger partial charge in [0.2, 0.25) is 0 Å². The zero-order valence-electron chi connectivity index (χ0n) is 10.3. The maximum absolute atomic E-state index is 13.6. The summed E-state index contributed by atoms with van der Waals surface area (Å²) in [4.78, 5) is 0. The molecule has 0 fully saturated rings. The first-order valence-electron chi connectivity index (χ1n) is 5.70. The summed E-state index contributed by atoms with van der Waals surface area (Å²) in [6.45, 7) is 3.94. The van der Waals surface area contributed by atoms with E-state index in [2.05, 4.69) is 0 Å². The van der Waals surface area contributed by atoms with Gasteiger partial charge >= 0.3 is 0 Å². The van der Waals surface area contributed by atoms with Crippen LogP contribution in [0.1, 0.15) is 16.7 Å². The fraction of sp³-hybridized carbons (Fsp3) is 0.200. The van der Waals surface area contributed by atoms with E-state index >= 15 is 0 Å². The lowest BCUT2D eigenvalue weighted by Gasteiger charge is -2.12. The summed E-state index contributed by atoms with van der Waals surface area (Å²) < 4.78 is 19.3. The minimum absolute atomic E-state index is 0.0901. The van der Waals surface area contributed by atoms with E-state index in [9.17, 15) is 4.39 Å². The van der Waals surface area contributed by atoms with E-state index in [0.717, 1.165) is 16.9 Å². The number of aryl methyl sites for hydroxylation is 2. The Bertz CT molecular complexity index is 566. The highest BCUT2D eigenvalue weighted by Crippen LogP contribution is 2.30. The van der Waals surface area contributed by atoms with Gasteiger partial charge in [-0.3, -0.25) is 0 Å². The molecule has 2 aromatic carbocycles. The average molecular weight is 265 g/mol. The highest BCUT2D eigenvalue weighted by atomic mass is 35.5. The lowest BCUT2D eigenvalue weighted by Crippen LogP contribution is -1.95. The molecule has 2 rings (SSSR count). The molecule has 0 aromatic heterocycles. The summed E-state index contributed by atoms with van der Waals surface area (Å²) in [5, 5.41) is 0. The van der Waals surface area contributed by atoms with Crippen molar-refractivity contribution in [3.05, 3.63) is 58.9 Å². The van der Waals surface area contributed by atoms with Gasteiger partial charge in [-0.15, -0.1) is 11.6 Å². The minimum Gasteiger partial charge on any atom is -0.457 e. The van der Waals surface area contributed by atoms with Crippen LogP contribution in [0.4, 0.5) is 4.39 Å². The third kappa shape index (κ3) is 2.65. The van der Waals surface area contributed by atoms with Gasteiger partial charge in [0.25, 0.3) is 0 Å². The smallest absolute Gasteiger partial charge is 0.134 e. The molecule has 0 unspecified atom stereocenters. The van der Waals surface area contributed by atoms with Gasteiger partial charge in [-0.05, 0) is 43.2 Å². The Kier molecular flexibility index (Phi) is 3.87. The highest BCUT2D eigenvalue weighted by Gasteiger charge is 2.10. The fourth-order valence-electron chi connectivity index (χ4n) is 1.70. The Labute approximate surface area is 111 Å². The van der Waals surface area contributed by atoms with Crippen molar-refractivity contribution in [2.45, 2.75) is 19.7 Å². The molecule has 0 heterocycles. The number of ether oxygens (including phenoxy) is 1. The van der Waals surface area contributed by atoms with E-state index in [1.807, 2.05) is 32.0 Å². The molecular formula is C15H14ClFO. The van der Waals surface area contributed by atoms with Crippen LogP contribution >= 0.6 is 11.6 Å². The van der Waals surface area contributed by atoms with E-state index in [1.165, 1.54) is 6.07 Å². The van der Waals surface area contributed by atoms with Crippen molar-refractivity contribution in [3.8, 4) is 11.5 Å². The monoisotopic (exact) mass is 264 g/mol. The quantitative estimate of drug-likeness (QED) is 0.711. The van der Waals surface area contributed by atoms with Gasteiger partial charge in [0.05, 0.1) is 5.88 Å². The third-order valence-corrected chi connectivity index (χ3v) is 3.04. The predicted molar refractivity (Wildman–Crippen MR) is 71.9 cm³/mol. The van der Waals surface area contributed by atoms with Crippen molar-refractivity contribution in [2.75, 3.05) is 0 Å². The number of rotatable bonds is 3. The summed E-state index contributed by atoms with van der Waals surface area (Å²) in [5.41, 5.74) is 2.49. The van der Waals surface area contributed by atoms with Crippen LogP contribution < -0.4 is 4.74 Å². The van der Waals surface area contributed by atoms with Crippen LogP contribution in [0, 0.1) is 19.7 Å². The molecule has 0 bridgehead atoms. The maximum atomic E-state index is 13.6. The van der Waals surface area contributed by atoms with Gasteiger partial charge in [-0.1, -0.05) is 18.2 Å². The van der Waals surface area contributed by atoms with Crippen LogP contribution in [0.15, 0.2) is 36.4 Å². The molecule has 94 valence electrons. The number of benzene rings is 2. The SMILES string of the molecule is Cc1ccc(C)c(Oc2cccc(F)c2CCl)c1. The zero-order chi connectivity index (χ0) is 13.1. The molecular weight excluding hydrogens is 251 g/mol. The van der Waals surface area contributed by atoms with Crippen molar-refractivity contribution < 1.29 is 9.13 Å². The summed E-state index contributed by atoms with van der Waals surface area (Å²) >= 11 is 5.75.